The number of piperazine rings is 1. The van der Waals surface area contributed by atoms with Gasteiger partial charge in [0, 0.05) is 45.2 Å². The van der Waals surface area contributed by atoms with Crippen molar-refractivity contribution in [2.75, 3.05) is 51.3 Å². The molecule has 1 aromatic heterocycles. The fourth-order valence-electron chi connectivity index (χ4n) is 4.62. The quantitative estimate of drug-likeness (QED) is 0.614. The van der Waals surface area contributed by atoms with E-state index in [0.29, 0.717) is 67.9 Å². The van der Waals surface area contributed by atoms with E-state index in [9.17, 15) is 9.59 Å². The Balaban J connectivity index is 1.43. The summed E-state index contributed by atoms with van der Waals surface area (Å²) in [6.45, 7) is 3.49. The molecule has 0 aliphatic carbocycles. The first-order valence-corrected chi connectivity index (χ1v) is 11.3. The van der Waals surface area contributed by atoms with Crippen LogP contribution in [0.15, 0.2) is 48.4 Å². The van der Waals surface area contributed by atoms with Gasteiger partial charge in [0.15, 0.2) is 0 Å². The van der Waals surface area contributed by atoms with Crippen LogP contribution in [-0.4, -0.2) is 84.1 Å². The summed E-state index contributed by atoms with van der Waals surface area (Å²) in [6, 6.07) is 9.08. The van der Waals surface area contributed by atoms with Gasteiger partial charge >= 0.3 is 0 Å². The maximum Gasteiger partial charge on any atom is 0.277 e. The standard InChI is InChI=1S/C24H27N5O4/c1-32-18-7-5-17(6-8-18)20-21(23(31)29(22(20)30)16-19-4-2-15-33-19)27-11-13-28(14-12-27)24-25-9-3-10-26-24/h3,5-10,19H,2,4,11-16H2,1H3. The average molecular weight is 450 g/mol. The van der Waals surface area contributed by atoms with E-state index >= 15 is 0 Å². The molecule has 1 atom stereocenters. The molecule has 0 spiro atoms. The smallest absolute Gasteiger partial charge is 0.277 e. The van der Waals surface area contributed by atoms with Crippen LogP contribution in [0.3, 0.4) is 0 Å². The molecule has 3 aliphatic rings. The number of methoxy groups -OCH3 is 1. The third kappa shape index (κ3) is 4.16. The molecule has 9 heteroatoms. The molecule has 1 aromatic carbocycles. The van der Waals surface area contributed by atoms with Crippen LogP contribution in [0.5, 0.6) is 5.75 Å². The van der Waals surface area contributed by atoms with Gasteiger partial charge in [-0.1, -0.05) is 12.1 Å². The van der Waals surface area contributed by atoms with Gasteiger partial charge in [0.2, 0.25) is 5.95 Å². The van der Waals surface area contributed by atoms with Crippen LogP contribution < -0.4 is 9.64 Å². The van der Waals surface area contributed by atoms with Gasteiger partial charge in [-0.05, 0) is 36.6 Å². The molecule has 2 amide bonds. The Morgan fingerprint density at radius 2 is 1.70 bits per heavy atom. The number of hydrogen-bond donors (Lipinski definition) is 0. The number of amides is 2. The summed E-state index contributed by atoms with van der Waals surface area (Å²) >= 11 is 0. The summed E-state index contributed by atoms with van der Waals surface area (Å²) in [5.74, 6) is 0.871. The van der Waals surface area contributed by atoms with E-state index < -0.39 is 0 Å². The van der Waals surface area contributed by atoms with Crippen LogP contribution >= 0.6 is 0 Å². The minimum atomic E-state index is -0.260. The third-order valence-corrected chi connectivity index (χ3v) is 6.36. The van der Waals surface area contributed by atoms with E-state index in [1.807, 2.05) is 29.2 Å². The van der Waals surface area contributed by atoms with Crippen LogP contribution in [0, 0.1) is 0 Å². The zero-order chi connectivity index (χ0) is 22.8. The van der Waals surface area contributed by atoms with Crippen molar-refractivity contribution in [3.8, 4) is 5.75 Å². The summed E-state index contributed by atoms with van der Waals surface area (Å²) in [6.07, 6.45) is 5.17. The van der Waals surface area contributed by atoms with Crippen molar-refractivity contribution >= 4 is 23.3 Å². The van der Waals surface area contributed by atoms with Gasteiger partial charge in [-0.25, -0.2) is 9.97 Å². The number of aromatic nitrogens is 2. The summed E-state index contributed by atoms with van der Waals surface area (Å²) in [5.41, 5.74) is 1.63. The highest BCUT2D eigenvalue weighted by Crippen LogP contribution is 2.34. The van der Waals surface area contributed by atoms with Crippen molar-refractivity contribution in [3.63, 3.8) is 0 Å². The molecule has 2 aromatic rings. The number of hydrogen-bond acceptors (Lipinski definition) is 8. The lowest BCUT2D eigenvalue weighted by atomic mass is 10.0. The van der Waals surface area contributed by atoms with Crippen LogP contribution in [0.4, 0.5) is 5.95 Å². The summed E-state index contributed by atoms with van der Waals surface area (Å²) in [7, 11) is 1.60. The Morgan fingerprint density at radius 3 is 2.33 bits per heavy atom. The molecule has 3 aliphatic heterocycles. The number of imide groups is 1. The van der Waals surface area contributed by atoms with E-state index in [0.717, 1.165) is 12.8 Å². The van der Waals surface area contributed by atoms with E-state index in [2.05, 4.69) is 14.9 Å². The SMILES string of the molecule is COc1ccc(C2=C(N3CCN(c4ncccn4)CC3)C(=O)N(CC3CCCO3)C2=O)cc1. The van der Waals surface area contributed by atoms with Crippen molar-refractivity contribution in [1.29, 1.82) is 0 Å². The Bertz CT molecular complexity index is 1040. The minimum Gasteiger partial charge on any atom is -0.497 e. The summed E-state index contributed by atoms with van der Waals surface area (Å²) in [5, 5.41) is 0. The Hall–Kier alpha value is -3.46. The number of rotatable bonds is 6. The average Bonchev–Trinajstić information content (AvgIpc) is 3.47. The van der Waals surface area contributed by atoms with Gasteiger partial charge < -0.3 is 19.3 Å². The number of carbonyl (C=O) groups is 2. The maximum atomic E-state index is 13.5. The lowest BCUT2D eigenvalue weighted by Crippen LogP contribution is -2.48. The predicted molar refractivity (Wildman–Crippen MR) is 121 cm³/mol. The summed E-state index contributed by atoms with van der Waals surface area (Å²) in [4.78, 5) is 41.2. The number of ether oxygens (including phenoxy) is 2. The minimum absolute atomic E-state index is 0.0959. The first-order valence-electron chi connectivity index (χ1n) is 11.3. The van der Waals surface area contributed by atoms with Crippen LogP contribution in [0.2, 0.25) is 0 Å². The molecule has 0 bridgehead atoms. The van der Waals surface area contributed by atoms with Gasteiger partial charge in [-0.2, -0.15) is 0 Å². The van der Waals surface area contributed by atoms with Crippen molar-refractivity contribution in [2.45, 2.75) is 18.9 Å². The van der Waals surface area contributed by atoms with Crippen molar-refractivity contribution < 1.29 is 19.1 Å². The molecule has 1 unspecified atom stereocenters. The number of benzene rings is 1. The molecule has 2 saturated heterocycles. The number of carbonyl (C=O) groups excluding carboxylic acids is 2. The van der Waals surface area contributed by atoms with E-state index in [4.69, 9.17) is 9.47 Å². The van der Waals surface area contributed by atoms with Gasteiger partial charge in [0.05, 0.1) is 25.3 Å². The molecule has 0 radical (unpaired) electrons. The lowest BCUT2D eigenvalue weighted by molar-refractivity contribution is -0.139. The third-order valence-electron chi connectivity index (χ3n) is 6.36. The van der Waals surface area contributed by atoms with Gasteiger partial charge in [0.25, 0.3) is 11.8 Å². The van der Waals surface area contributed by atoms with Gasteiger partial charge in [-0.15, -0.1) is 0 Å². The monoisotopic (exact) mass is 449 g/mol. The highest BCUT2D eigenvalue weighted by molar-refractivity contribution is 6.35. The van der Waals surface area contributed by atoms with Crippen molar-refractivity contribution in [2.24, 2.45) is 0 Å². The van der Waals surface area contributed by atoms with Gasteiger partial charge in [-0.3, -0.25) is 14.5 Å². The van der Waals surface area contributed by atoms with Gasteiger partial charge in [0.1, 0.15) is 11.4 Å². The first-order chi connectivity index (χ1) is 16.2. The molecule has 5 rings (SSSR count). The fourth-order valence-corrected chi connectivity index (χ4v) is 4.62. The second kappa shape index (κ2) is 9.19. The van der Waals surface area contributed by atoms with Crippen molar-refractivity contribution in [3.05, 3.63) is 54.0 Å². The summed E-state index contributed by atoms with van der Waals surface area (Å²) < 4.78 is 11.0. The highest BCUT2D eigenvalue weighted by atomic mass is 16.5. The highest BCUT2D eigenvalue weighted by Gasteiger charge is 2.43. The molecule has 0 saturated carbocycles. The van der Waals surface area contributed by atoms with E-state index in [1.54, 1.807) is 25.6 Å². The van der Waals surface area contributed by atoms with Crippen LogP contribution in [0.1, 0.15) is 18.4 Å². The Kier molecular flexibility index (Phi) is 5.95. The predicted octanol–water partition coefficient (Wildman–Crippen LogP) is 1.57. The topological polar surface area (TPSA) is 88.1 Å². The first kappa shape index (κ1) is 21.4. The molecular weight excluding hydrogens is 422 g/mol. The fraction of sp³-hybridized carbons (Fsp3) is 0.417. The Labute approximate surface area is 192 Å². The van der Waals surface area contributed by atoms with E-state index in [-0.39, 0.29) is 17.9 Å². The normalized spacial score (nSPS) is 21.4. The zero-order valence-corrected chi connectivity index (χ0v) is 18.6. The zero-order valence-electron chi connectivity index (χ0n) is 18.6. The molecule has 4 heterocycles. The molecule has 0 N–H and O–H groups in total. The maximum absolute atomic E-state index is 13.5. The largest absolute Gasteiger partial charge is 0.497 e. The van der Waals surface area contributed by atoms with Crippen LogP contribution in [0.25, 0.3) is 5.57 Å². The molecule has 9 nitrogen and oxygen atoms in total. The van der Waals surface area contributed by atoms with E-state index in [1.165, 1.54) is 4.90 Å². The van der Waals surface area contributed by atoms with Crippen molar-refractivity contribution in [1.82, 2.24) is 19.8 Å². The second-order valence-corrected chi connectivity index (χ2v) is 8.33. The molecule has 172 valence electrons. The number of nitrogens with zero attached hydrogens (tertiary/aromatic N) is 5. The lowest BCUT2D eigenvalue weighted by Gasteiger charge is -2.36. The van der Waals surface area contributed by atoms with Crippen LogP contribution in [-0.2, 0) is 14.3 Å². The second-order valence-electron chi connectivity index (χ2n) is 8.33. The Morgan fingerprint density at radius 1 is 1.00 bits per heavy atom. The molecule has 33 heavy (non-hydrogen) atoms. The molecule has 2 fully saturated rings. The number of anilines is 1. The molecular formula is C24H27N5O4.